The van der Waals surface area contributed by atoms with Crippen LogP contribution in [0.15, 0.2) is 74.8 Å². The third kappa shape index (κ3) is 27.7. The van der Waals surface area contributed by atoms with Gasteiger partial charge in [-0.05, 0) is 133 Å². The van der Waals surface area contributed by atoms with Crippen LogP contribution in [0.4, 0.5) is 11.8 Å². The number of nitrogens with zero attached hydrogens (tertiary/aromatic N) is 8. The Morgan fingerprint density at radius 2 is 1.07 bits per heavy atom. The minimum atomic E-state index is -3.98. The third-order valence-electron chi connectivity index (χ3n) is 16.8. The zero-order valence-electron chi connectivity index (χ0n) is 56.4. The molecule has 2 saturated carbocycles. The molecule has 1 unspecified atom stereocenters. The van der Waals surface area contributed by atoms with E-state index < -0.39 is 147 Å². The van der Waals surface area contributed by atoms with Gasteiger partial charge in [0.25, 0.3) is 0 Å². The van der Waals surface area contributed by atoms with Gasteiger partial charge in [0, 0.05) is 57.1 Å². The molecule has 2 aliphatic rings. The second-order valence-electron chi connectivity index (χ2n) is 23.9. The normalized spacial score (nSPS) is 13.8. The first-order valence-corrected chi connectivity index (χ1v) is 36.3. The Bertz CT molecular complexity index is 3060. The van der Waals surface area contributed by atoms with E-state index in [0.29, 0.717) is 75.1 Å². The molecule has 9 N–H and O–H groups in total. The van der Waals surface area contributed by atoms with Gasteiger partial charge in [-0.3, -0.25) is 48.1 Å². The van der Waals surface area contributed by atoms with E-state index in [1.807, 2.05) is 6.26 Å². The van der Waals surface area contributed by atoms with Crippen LogP contribution < -0.4 is 32.1 Å². The van der Waals surface area contributed by atoms with Gasteiger partial charge in [-0.25, -0.2) is 18.4 Å². The summed E-state index contributed by atoms with van der Waals surface area (Å²) in [6, 6.07) is 9.96. The molecule has 2 heterocycles. The molecule has 2 fully saturated rings. The summed E-state index contributed by atoms with van der Waals surface area (Å²) >= 11 is 1.43. The lowest BCUT2D eigenvalue weighted by Gasteiger charge is -2.39. The summed E-state index contributed by atoms with van der Waals surface area (Å²) in [6.45, 7) is -1.20. The van der Waals surface area contributed by atoms with Crippen molar-refractivity contribution in [2.75, 3.05) is 141 Å². The van der Waals surface area contributed by atoms with E-state index in [-0.39, 0.29) is 75.6 Å². The van der Waals surface area contributed by atoms with Gasteiger partial charge < -0.3 is 79.8 Å². The molecule has 5 rings (SSSR count). The minimum absolute atomic E-state index is 0.0198. The van der Waals surface area contributed by atoms with Crippen LogP contribution in [0.25, 0.3) is 0 Å². The molecular formula is C65H101N13O17S2. The second kappa shape index (κ2) is 42.9. The number of ether oxygens (including phenoxy) is 2. The van der Waals surface area contributed by atoms with Crippen molar-refractivity contribution in [1.29, 1.82) is 0 Å². The second-order valence-corrected chi connectivity index (χ2v) is 26.5. The van der Waals surface area contributed by atoms with Crippen LogP contribution in [-0.2, 0) is 73.9 Å². The number of unbranched alkanes of at least 4 members (excludes halogenated alkanes) is 2. The third-order valence-corrected chi connectivity index (χ3v) is 18.4. The highest BCUT2D eigenvalue weighted by Gasteiger charge is 2.37. The monoisotopic (exact) mass is 1400 g/mol. The number of carbonyl (C=O) groups excluding carboxylic acids is 9. The number of carboxylic acids is 1. The lowest BCUT2D eigenvalue weighted by Crippen LogP contribution is -2.56. The number of carboxylic acid groups (broad SMARTS) is 1. The number of nitrogens with two attached hydrogens (primary N) is 3. The van der Waals surface area contributed by atoms with Crippen molar-refractivity contribution >= 4 is 92.7 Å². The maximum absolute atomic E-state index is 15.1. The number of aliphatic carboxylic acids is 1. The molecule has 0 radical (unpaired) electrons. The molecule has 32 heteroatoms. The highest BCUT2D eigenvalue weighted by atomic mass is 32.2. The Kier molecular flexibility index (Phi) is 35.4. The molecule has 2 aliphatic carbocycles. The molecule has 30 nitrogen and oxygen atoms in total. The lowest BCUT2D eigenvalue weighted by atomic mass is 9.93. The largest absolute Gasteiger partial charge is 0.480 e. The molecule has 0 bridgehead atoms. The Balaban J connectivity index is 1.37. The number of benzene rings is 1. The maximum Gasteiger partial charge on any atom is 0.326 e. The van der Waals surface area contributed by atoms with E-state index >= 15 is 9.59 Å². The molecule has 0 saturated heterocycles. The average Bonchev–Trinajstić information content (AvgIpc) is 1.45. The van der Waals surface area contributed by atoms with Gasteiger partial charge in [0.15, 0.2) is 5.88 Å². The summed E-state index contributed by atoms with van der Waals surface area (Å²) in [5.41, 5.74) is 12.4. The Morgan fingerprint density at radius 3 is 1.58 bits per heavy atom. The number of anilines is 2. The van der Waals surface area contributed by atoms with Gasteiger partial charge in [-0.2, -0.15) is 11.8 Å². The van der Waals surface area contributed by atoms with Gasteiger partial charge >= 0.3 is 5.97 Å². The van der Waals surface area contributed by atoms with E-state index in [9.17, 15) is 51.9 Å². The van der Waals surface area contributed by atoms with Crippen molar-refractivity contribution in [3.63, 3.8) is 0 Å². The highest BCUT2D eigenvalue weighted by molar-refractivity contribution is 7.98. The lowest BCUT2D eigenvalue weighted by molar-refractivity contribution is -0.151. The molecule has 3 aromatic rings. The number of hydrogen-bond acceptors (Lipinski definition) is 20. The fourth-order valence-corrected chi connectivity index (χ4v) is 12.3. The first-order chi connectivity index (χ1) is 46.6. The quantitative estimate of drug-likeness (QED) is 0.0349. The first-order valence-electron chi connectivity index (χ1n) is 33.4. The van der Waals surface area contributed by atoms with Crippen molar-refractivity contribution < 1.29 is 79.8 Å². The molecule has 9 amide bonds. The van der Waals surface area contributed by atoms with E-state index in [2.05, 4.69) is 10.6 Å². The van der Waals surface area contributed by atoms with Crippen molar-refractivity contribution in [2.24, 2.45) is 16.6 Å². The number of nitrogens with one attached hydrogen (secondary N) is 2. The van der Waals surface area contributed by atoms with Gasteiger partial charge in [0.2, 0.25) is 69.1 Å². The smallest absolute Gasteiger partial charge is 0.326 e. The Labute approximate surface area is 572 Å². The van der Waals surface area contributed by atoms with Crippen molar-refractivity contribution in [1.82, 2.24) is 39.6 Å². The summed E-state index contributed by atoms with van der Waals surface area (Å²) in [6.07, 6.45) is 14.0. The van der Waals surface area contributed by atoms with Crippen molar-refractivity contribution in [3.8, 4) is 0 Å². The number of thioether (sulfide) groups is 1. The van der Waals surface area contributed by atoms with Crippen LogP contribution >= 0.6 is 11.8 Å². The number of hydrogen-bond donors (Lipinski definition) is 6. The number of carbonyl (C=O) groups is 10. The topological polar surface area (TPSA) is 398 Å². The molecule has 1 aromatic carbocycles. The van der Waals surface area contributed by atoms with Crippen molar-refractivity contribution in [3.05, 3.63) is 66.6 Å². The molecule has 0 spiro atoms. The highest BCUT2D eigenvalue weighted by Crippen LogP contribution is 2.27. The summed E-state index contributed by atoms with van der Waals surface area (Å²) < 4.78 is 46.2. The fraction of sp³-hybridized carbons (Fsp3) is 0.631. The molecule has 2 aromatic heterocycles. The summed E-state index contributed by atoms with van der Waals surface area (Å²) in [7, 11) is -3.98. The zero-order valence-corrected chi connectivity index (χ0v) is 58.0. The van der Waals surface area contributed by atoms with Gasteiger partial charge in [-0.1, -0.05) is 50.7 Å². The SMILES string of the molecule is CCOCN(CC(=O)N(COCC)CC(=O)N(CC(=O)N(CCCCN)CC(=O)N(CC(=O)N(CC(=O)N(CCCCN)CC(=O)NC(CCSC)C(=O)O)C1CCCCC1)C1CCCCC1)c1ccco1)C(=O)CN(CCc1ccc(S(N)(=O)=O)cc1)C(=O)CNc1ccco1. The number of rotatable bonds is 45. The van der Waals surface area contributed by atoms with Gasteiger partial charge in [0.1, 0.15) is 52.2 Å². The van der Waals surface area contributed by atoms with Crippen LogP contribution in [-0.4, -0.2) is 255 Å². The fourth-order valence-electron chi connectivity index (χ4n) is 11.3. The van der Waals surface area contributed by atoms with Crippen LogP contribution in [0.3, 0.4) is 0 Å². The Morgan fingerprint density at radius 1 is 0.588 bits per heavy atom. The summed E-state index contributed by atoms with van der Waals surface area (Å²) in [5.74, 6) is -6.23. The standard InChI is InChI=1S/C65H101N13O17S2/c1-4-92-47-74(57(81)40-73(56(80)38-69-55-22-16-35-94-55)34-28-49-24-26-52(27-25-49)97(68,90)91)41-58(82)75(48-93-5-2)43-62(86)78(64-23-17-36-95-64)45-60(84)72(33-15-13-31-67)42-61(85)77(51-20-10-7-11-21-51)46-63(87)76(50-18-8-6-9-19-50)44-59(83)71(32-14-12-30-66)39-54(79)70-53(65(88)89)29-37-96-3/h16-17,22-27,35-36,50-51,53,69H,4-15,18-21,28-34,37-48,66-67H2,1-3H3,(H,70,79)(H,88,89)(H2,68,90,91). The van der Waals surface area contributed by atoms with Gasteiger partial charge in [-0.15, -0.1) is 0 Å². The van der Waals surface area contributed by atoms with Gasteiger partial charge in [0.05, 0.1) is 43.6 Å². The first kappa shape index (κ1) is 80.1. The van der Waals surface area contributed by atoms with Crippen LogP contribution in [0.1, 0.15) is 116 Å². The Hall–Kier alpha value is -7.62. The predicted octanol–water partition coefficient (Wildman–Crippen LogP) is 2.46. The number of primary sulfonamides is 1. The van der Waals surface area contributed by atoms with Crippen LogP contribution in [0, 0.1) is 0 Å². The molecule has 0 aliphatic heterocycles. The molecular weight excluding hydrogens is 1300 g/mol. The molecule has 97 heavy (non-hydrogen) atoms. The van der Waals surface area contributed by atoms with E-state index in [1.165, 1.54) is 85.2 Å². The van der Waals surface area contributed by atoms with Crippen LogP contribution in [0.2, 0.25) is 0 Å². The molecule has 540 valence electrons. The average molecular weight is 1400 g/mol. The predicted molar refractivity (Wildman–Crippen MR) is 362 cm³/mol. The maximum atomic E-state index is 15.1. The minimum Gasteiger partial charge on any atom is -0.480 e. The molecule has 1 atom stereocenters. The zero-order chi connectivity index (χ0) is 70.7. The van der Waals surface area contributed by atoms with Crippen molar-refractivity contribution in [2.45, 2.75) is 140 Å². The summed E-state index contributed by atoms with van der Waals surface area (Å²) in [4.78, 5) is 152. The van der Waals surface area contributed by atoms with Crippen LogP contribution in [0.5, 0.6) is 0 Å². The van der Waals surface area contributed by atoms with E-state index in [4.69, 9.17) is 34.9 Å². The van der Waals surface area contributed by atoms with E-state index in [0.717, 1.165) is 53.2 Å². The number of sulfonamides is 1. The van der Waals surface area contributed by atoms with E-state index in [1.54, 1.807) is 26.0 Å². The number of furan rings is 2. The summed E-state index contributed by atoms with van der Waals surface area (Å²) in [5, 5.41) is 20.5. The number of amides is 9.